The van der Waals surface area contributed by atoms with E-state index in [1.54, 1.807) is 60.7 Å². The predicted molar refractivity (Wildman–Crippen MR) is 188 cm³/mol. The minimum absolute atomic E-state index is 0.0435. The van der Waals surface area contributed by atoms with Crippen LogP contribution in [-0.2, 0) is 18.9 Å². The first-order chi connectivity index (χ1) is 24.6. The van der Waals surface area contributed by atoms with Gasteiger partial charge in [-0.3, -0.25) is 14.2 Å². The van der Waals surface area contributed by atoms with Gasteiger partial charge in [0.15, 0.2) is 18.4 Å². The van der Waals surface area contributed by atoms with Crippen LogP contribution in [0.25, 0.3) is 0 Å². The lowest BCUT2D eigenvalue weighted by Gasteiger charge is -2.25. The highest BCUT2D eigenvalue weighted by Crippen LogP contribution is 2.35. The monoisotopic (exact) mass is 816 g/mol. The zero-order chi connectivity index (χ0) is 36.1. The van der Waals surface area contributed by atoms with Gasteiger partial charge in [0.1, 0.15) is 12.7 Å². The number of hydrogen-bond acceptors (Lipinski definition) is 10. The van der Waals surface area contributed by atoms with Crippen LogP contribution < -0.4 is 11.2 Å². The van der Waals surface area contributed by atoms with Gasteiger partial charge in [0, 0.05) is 26.8 Å². The molecule has 14 heteroatoms. The van der Waals surface area contributed by atoms with Gasteiger partial charge in [0.25, 0.3) is 11.5 Å². The summed E-state index contributed by atoms with van der Waals surface area (Å²) in [6.45, 7) is -0.510. The van der Waals surface area contributed by atoms with Crippen LogP contribution in [-0.4, -0.2) is 57.9 Å². The molecule has 0 unspecified atom stereocenters. The zero-order valence-electron chi connectivity index (χ0n) is 26.3. The number of carbonyl (C=O) groups excluding carboxylic acids is 4. The minimum Gasteiger partial charge on any atom is -0.459 e. The van der Waals surface area contributed by atoms with Crippen molar-refractivity contribution in [2.24, 2.45) is 0 Å². The van der Waals surface area contributed by atoms with Gasteiger partial charge in [-0.25, -0.2) is 19.2 Å². The third-order valence-corrected chi connectivity index (χ3v) is 8.89. The Morgan fingerprint density at radius 1 is 0.608 bits per heavy atom. The van der Waals surface area contributed by atoms with Crippen molar-refractivity contribution < 1.29 is 38.1 Å². The van der Waals surface area contributed by atoms with Gasteiger partial charge >= 0.3 is 23.6 Å². The molecule has 1 fully saturated rings. The molecule has 5 aromatic rings. The Hall–Kier alpha value is -5.44. The molecule has 4 atom stereocenters. The molecule has 51 heavy (non-hydrogen) atoms. The molecule has 0 saturated carbocycles. The summed E-state index contributed by atoms with van der Waals surface area (Å²) in [5.41, 5.74) is -1.49. The van der Waals surface area contributed by atoms with Crippen LogP contribution >= 0.6 is 31.9 Å². The van der Waals surface area contributed by atoms with Gasteiger partial charge in [-0.15, -0.1) is 0 Å². The molecule has 1 aromatic heterocycles. The van der Waals surface area contributed by atoms with Crippen LogP contribution in [0.4, 0.5) is 0 Å². The minimum atomic E-state index is -1.57. The summed E-state index contributed by atoms with van der Waals surface area (Å²) in [5, 5.41) is 0. The Labute approximate surface area is 306 Å². The number of nitrogens with zero attached hydrogens (tertiary/aromatic N) is 2. The molecule has 0 spiro atoms. The van der Waals surface area contributed by atoms with E-state index in [4.69, 9.17) is 18.9 Å². The van der Waals surface area contributed by atoms with Gasteiger partial charge in [-0.05, 0) is 72.8 Å². The number of ether oxygens (including phenoxy) is 4. The first kappa shape index (κ1) is 35.4. The van der Waals surface area contributed by atoms with E-state index in [9.17, 15) is 28.8 Å². The largest absolute Gasteiger partial charge is 0.459 e. The molecule has 0 radical (unpaired) electrons. The van der Waals surface area contributed by atoms with Gasteiger partial charge in [0.05, 0.1) is 16.7 Å². The van der Waals surface area contributed by atoms with Crippen molar-refractivity contribution in [2.45, 2.75) is 24.5 Å². The van der Waals surface area contributed by atoms with Crippen molar-refractivity contribution in [3.63, 3.8) is 0 Å². The third kappa shape index (κ3) is 7.98. The summed E-state index contributed by atoms with van der Waals surface area (Å²) < 4.78 is 26.3. The van der Waals surface area contributed by atoms with E-state index in [2.05, 4.69) is 31.9 Å². The van der Waals surface area contributed by atoms with E-state index >= 15 is 0 Å². The second-order valence-electron chi connectivity index (χ2n) is 11.1. The summed E-state index contributed by atoms with van der Waals surface area (Å²) in [6.07, 6.45) is -4.79. The van der Waals surface area contributed by atoms with Crippen LogP contribution in [0.2, 0.25) is 0 Å². The quantitative estimate of drug-likeness (QED) is 0.139. The SMILES string of the molecule is O=C(OC[C@@H]1O[C@H](n2ccc(=O)n(C(=O)c3ccc(Br)cc3)c2=O)[C@@H](OC(=O)c2ccccc2)[C@@H]1OC(=O)c1ccccc1)c1ccc(Br)cc1. The van der Waals surface area contributed by atoms with E-state index in [0.29, 0.717) is 9.04 Å². The fraction of sp³-hybridized carbons (Fsp3) is 0.135. The average Bonchev–Trinajstić information content (AvgIpc) is 3.47. The molecule has 2 heterocycles. The van der Waals surface area contributed by atoms with Crippen molar-refractivity contribution in [2.75, 3.05) is 6.61 Å². The highest BCUT2D eigenvalue weighted by atomic mass is 79.9. The smallest absolute Gasteiger partial charge is 0.340 e. The van der Waals surface area contributed by atoms with Crippen LogP contribution in [0.5, 0.6) is 0 Å². The number of halogens is 2. The number of esters is 3. The Balaban J connectivity index is 1.41. The van der Waals surface area contributed by atoms with Crippen molar-refractivity contribution in [1.82, 2.24) is 9.13 Å². The van der Waals surface area contributed by atoms with E-state index in [1.807, 2.05) is 0 Å². The van der Waals surface area contributed by atoms with Crippen molar-refractivity contribution in [1.29, 1.82) is 0 Å². The summed E-state index contributed by atoms with van der Waals surface area (Å²) in [6, 6.07) is 29.3. The summed E-state index contributed by atoms with van der Waals surface area (Å²) in [4.78, 5) is 80.3. The maximum absolute atomic E-state index is 14.0. The summed E-state index contributed by atoms with van der Waals surface area (Å²) in [7, 11) is 0. The highest BCUT2D eigenvalue weighted by molar-refractivity contribution is 9.10. The first-order valence-electron chi connectivity index (χ1n) is 15.4. The lowest BCUT2D eigenvalue weighted by atomic mass is 10.1. The fourth-order valence-electron chi connectivity index (χ4n) is 5.29. The van der Waals surface area contributed by atoms with Crippen LogP contribution in [0.3, 0.4) is 0 Å². The second-order valence-corrected chi connectivity index (χ2v) is 13.0. The molecule has 0 aliphatic carbocycles. The lowest BCUT2D eigenvalue weighted by molar-refractivity contribution is -0.0643. The van der Waals surface area contributed by atoms with E-state index < -0.39 is 66.2 Å². The van der Waals surface area contributed by atoms with Gasteiger partial charge in [-0.1, -0.05) is 68.3 Å². The van der Waals surface area contributed by atoms with Crippen molar-refractivity contribution in [3.05, 3.63) is 173 Å². The molecule has 1 aliphatic heterocycles. The number of hydrogen-bond donors (Lipinski definition) is 0. The lowest BCUT2D eigenvalue weighted by Crippen LogP contribution is -2.47. The number of carbonyl (C=O) groups is 4. The number of benzene rings is 4. The summed E-state index contributed by atoms with van der Waals surface area (Å²) in [5.74, 6) is -3.33. The molecule has 6 rings (SSSR count). The van der Waals surface area contributed by atoms with E-state index in [-0.39, 0.29) is 22.3 Å². The molecule has 0 amide bonds. The first-order valence-corrected chi connectivity index (χ1v) is 16.9. The average molecular weight is 818 g/mol. The molecule has 12 nitrogen and oxygen atoms in total. The van der Waals surface area contributed by atoms with Gasteiger partial charge in [-0.2, -0.15) is 4.57 Å². The molecular weight excluding hydrogens is 792 g/mol. The third-order valence-electron chi connectivity index (χ3n) is 7.83. The Morgan fingerprint density at radius 3 is 1.65 bits per heavy atom. The molecule has 1 saturated heterocycles. The van der Waals surface area contributed by atoms with Crippen LogP contribution in [0.15, 0.2) is 140 Å². The second kappa shape index (κ2) is 15.6. The maximum atomic E-state index is 14.0. The zero-order valence-corrected chi connectivity index (χ0v) is 29.5. The molecular formula is C37H26Br2N2O10. The topological polar surface area (TPSA) is 149 Å². The Morgan fingerprint density at radius 2 is 1.10 bits per heavy atom. The maximum Gasteiger partial charge on any atom is 0.340 e. The van der Waals surface area contributed by atoms with E-state index in [1.165, 1.54) is 48.5 Å². The Kier molecular flexibility index (Phi) is 10.8. The Bertz CT molecular complexity index is 2190. The molecule has 1 aliphatic rings. The van der Waals surface area contributed by atoms with Gasteiger partial charge < -0.3 is 18.9 Å². The molecule has 4 aromatic carbocycles. The van der Waals surface area contributed by atoms with E-state index in [0.717, 1.165) is 21.3 Å². The predicted octanol–water partition coefficient (Wildman–Crippen LogP) is 5.43. The van der Waals surface area contributed by atoms with Crippen molar-refractivity contribution >= 4 is 55.7 Å². The van der Waals surface area contributed by atoms with Crippen LogP contribution in [0, 0.1) is 0 Å². The molecule has 0 bridgehead atoms. The normalized spacial score (nSPS) is 18.1. The summed E-state index contributed by atoms with van der Waals surface area (Å²) >= 11 is 6.60. The molecule has 0 N–H and O–H groups in total. The highest BCUT2D eigenvalue weighted by Gasteiger charge is 2.52. The molecule has 258 valence electrons. The van der Waals surface area contributed by atoms with Gasteiger partial charge in [0.2, 0.25) is 0 Å². The standard InChI is InChI=1S/C37H26Br2N2O10/c38-26-15-11-22(12-16-26)32(43)41-29(42)19-20-40(37(41)47)33-31(51-36(46)24-9-5-2-6-10-24)30(50-35(45)23-7-3-1-4-8-23)28(49-33)21-48-34(44)25-13-17-27(39)18-14-25/h1-20,28,30-31,33H,21H2/t28-,30+,31-,33-/m0/s1. The van der Waals surface area contributed by atoms with Crippen molar-refractivity contribution in [3.8, 4) is 0 Å². The van der Waals surface area contributed by atoms with Crippen LogP contribution in [0.1, 0.15) is 47.7 Å². The fourth-order valence-corrected chi connectivity index (χ4v) is 5.82. The number of rotatable bonds is 9. The number of aromatic nitrogens is 2.